The molecule has 0 aromatic heterocycles. The number of hydrogen-bond acceptors (Lipinski definition) is 3. The molecule has 2 atom stereocenters. The first kappa shape index (κ1) is 15.3. The molecule has 2 unspecified atom stereocenters. The summed E-state index contributed by atoms with van der Waals surface area (Å²) >= 11 is 6.08. The van der Waals surface area contributed by atoms with Crippen molar-refractivity contribution in [2.75, 3.05) is 11.5 Å². The molecule has 1 aliphatic rings. The van der Waals surface area contributed by atoms with Gasteiger partial charge in [-0.1, -0.05) is 29.8 Å². The highest BCUT2D eigenvalue weighted by molar-refractivity contribution is 7.91. The second kappa shape index (κ2) is 6.14. The number of nitrogens with one attached hydrogen (secondary N) is 1. The topological polar surface area (TPSA) is 63.2 Å². The van der Waals surface area contributed by atoms with E-state index in [1.807, 2.05) is 25.1 Å². The van der Waals surface area contributed by atoms with Gasteiger partial charge in [-0.05, 0) is 30.9 Å². The Hall–Kier alpha value is -1.07. The lowest BCUT2D eigenvalue weighted by atomic mass is 10.0. The van der Waals surface area contributed by atoms with E-state index in [2.05, 4.69) is 5.32 Å². The SMILES string of the molecule is CC(NC(=O)CC1CCS(=O)(=O)C1)c1ccccc1Cl. The Balaban J connectivity index is 1.90. The standard InChI is InChI=1S/C14H18ClNO3S/c1-10(12-4-2-3-5-13(12)15)16-14(17)8-11-6-7-20(18,19)9-11/h2-5,10-11H,6-9H2,1H3,(H,16,17). The van der Waals surface area contributed by atoms with Crippen LogP contribution in [0, 0.1) is 5.92 Å². The predicted octanol–water partition coefficient (Wildman–Crippen LogP) is 2.34. The molecule has 0 bridgehead atoms. The lowest BCUT2D eigenvalue weighted by Gasteiger charge is -2.16. The van der Waals surface area contributed by atoms with E-state index in [9.17, 15) is 13.2 Å². The van der Waals surface area contributed by atoms with Crippen molar-refractivity contribution in [3.8, 4) is 0 Å². The van der Waals surface area contributed by atoms with Crippen LogP contribution in [0.1, 0.15) is 31.4 Å². The van der Waals surface area contributed by atoms with Crippen LogP contribution in [0.2, 0.25) is 5.02 Å². The monoisotopic (exact) mass is 315 g/mol. The van der Waals surface area contributed by atoms with Gasteiger partial charge in [0, 0.05) is 11.4 Å². The van der Waals surface area contributed by atoms with Crippen molar-refractivity contribution in [3.05, 3.63) is 34.9 Å². The van der Waals surface area contributed by atoms with Crippen LogP contribution >= 0.6 is 11.6 Å². The molecule has 0 radical (unpaired) electrons. The van der Waals surface area contributed by atoms with Crippen molar-refractivity contribution in [1.82, 2.24) is 5.32 Å². The fraction of sp³-hybridized carbons (Fsp3) is 0.500. The van der Waals surface area contributed by atoms with E-state index >= 15 is 0 Å². The maximum absolute atomic E-state index is 12.0. The lowest BCUT2D eigenvalue weighted by Crippen LogP contribution is -2.28. The zero-order valence-electron chi connectivity index (χ0n) is 11.3. The molecule has 1 N–H and O–H groups in total. The smallest absolute Gasteiger partial charge is 0.220 e. The number of sulfone groups is 1. The summed E-state index contributed by atoms with van der Waals surface area (Å²) in [5.41, 5.74) is 0.863. The second-order valence-electron chi connectivity index (χ2n) is 5.28. The molecule has 2 rings (SSSR count). The molecule has 110 valence electrons. The number of carbonyl (C=O) groups is 1. The molecule has 1 saturated heterocycles. The van der Waals surface area contributed by atoms with Crippen LogP contribution in [0.25, 0.3) is 0 Å². The van der Waals surface area contributed by atoms with Crippen LogP contribution in [0.5, 0.6) is 0 Å². The van der Waals surface area contributed by atoms with Crippen molar-refractivity contribution in [2.24, 2.45) is 5.92 Å². The van der Waals surface area contributed by atoms with Gasteiger partial charge in [0.15, 0.2) is 9.84 Å². The highest BCUT2D eigenvalue weighted by Crippen LogP contribution is 2.24. The van der Waals surface area contributed by atoms with Crippen molar-refractivity contribution >= 4 is 27.3 Å². The molecule has 0 saturated carbocycles. The summed E-state index contributed by atoms with van der Waals surface area (Å²) in [7, 11) is -2.93. The molecule has 20 heavy (non-hydrogen) atoms. The van der Waals surface area contributed by atoms with Gasteiger partial charge in [-0.15, -0.1) is 0 Å². The lowest BCUT2D eigenvalue weighted by molar-refractivity contribution is -0.122. The third-order valence-electron chi connectivity index (χ3n) is 3.55. The van der Waals surface area contributed by atoms with Crippen LogP contribution in [-0.4, -0.2) is 25.8 Å². The minimum absolute atomic E-state index is 0.0570. The van der Waals surface area contributed by atoms with Gasteiger partial charge in [-0.2, -0.15) is 0 Å². The number of hydrogen-bond donors (Lipinski definition) is 1. The molecule has 0 spiro atoms. The number of benzene rings is 1. The van der Waals surface area contributed by atoms with Gasteiger partial charge in [0.1, 0.15) is 0 Å². The van der Waals surface area contributed by atoms with Crippen LogP contribution < -0.4 is 5.32 Å². The van der Waals surface area contributed by atoms with Crippen molar-refractivity contribution < 1.29 is 13.2 Å². The summed E-state index contributed by atoms with van der Waals surface area (Å²) in [4.78, 5) is 12.0. The van der Waals surface area contributed by atoms with Crippen LogP contribution in [0.15, 0.2) is 24.3 Å². The first-order valence-electron chi connectivity index (χ1n) is 6.61. The van der Waals surface area contributed by atoms with E-state index in [-0.39, 0.29) is 35.8 Å². The summed E-state index contributed by atoms with van der Waals surface area (Å²) < 4.78 is 22.7. The van der Waals surface area contributed by atoms with E-state index in [0.29, 0.717) is 11.4 Å². The Morgan fingerprint density at radius 2 is 2.15 bits per heavy atom. The van der Waals surface area contributed by atoms with E-state index in [1.54, 1.807) is 6.07 Å². The Morgan fingerprint density at radius 3 is 2.75 bits per heavy atom. The van der Waals surface area contributed by atoms with Gasteiger partial charge in [0.25, 0.3) is 0 Å². The number of rotatable bonds is 4. The first-order valence-corrected chi connectivity index (χ1v) is 8.81. The molecule has 4 nitrogen and oxygen atoms in total. The second-order valence-corrected chi connectivity index (χ2v) is 7.92. The number of carbonyl (C=O) groups excluding carboxylic acids is 1. The average Bonchev–Trinajstić information content (AvgIpc) is 2.68. The summed E-state index contributed by atoms with van der Waals surface area (Å²) in [5, 5.41) is 3.49. The highest BCUT2D eigenvalue weighted by atomic mass is 35.5. The molecule has 1 aliphatic heterocycles. The zero-order valence-corrected chi connectivity index (χ0v) is 12.9. The minimum Gasteiger partial charge on any atom is -0.350 e. The Kier molecular flexibility index (Phi) is 4.70. The summed E-state index contributed by atoms with van der Waals surface area (Å²) in [6, 6.07) is 7.17. The Morgan fingerprint density at radius 1 is 1.45 bits per heavy atom. The van der Waals surface area contributed by atoms with Crippen molar-refractivity contribution in [3.63, 3.8) is 0 Å². The third kappa shape index (κ3) is 3.96. The average molecular weight is 316 g/mol. The molecule has 1 heterocycles. The molecule has 1 aromatic carbocycles. The van der Waals surface area contributed by atoms with Crippen LogP contribution in [-0.2, 0) is 14.6 Å². The summed E-state index contributed by atoms with van der Waals surface area (Å²) in [6.45, 7) is 1.87. The van der Waals surface area contributed by atoms with Crippen molar-refractivity contribution in [2.45, 2.75) is 25.8 Å². The molecular weight excluding hydrogens is 298 g/mol. The van der Waals surface area contributed by atoms with E-state index in [1.165, 1.54) is 0 Å². The zero-order chi connectivity index (χ0) is 14.8. The summed E-state index contributed by atoms with van der Waals surface area (Å²) in [5.74, 6) is 0.143. The minimum atomic E-state index is -2.93. The molecule has 0 aliphatic carbocycles. The van der Waals surface area contributed by atoms with Gasteiger partial charge in [-0.3, -0.25) is 4.79 Å². The quantitative estimate of drug-likeness (QED) is 0.927. The number of halogens is 1. The first-order chi connectivity index (χ1) is 9.37. The highest BCUT2D eigenvalue weighted by Gasteiger charge is 2.29. The predicted molar refractivity (Wildman–Crippen MR) is 79.4 cm³/mol. The molecule has 1 amide bonds. The van der Waals surface area contributed by atoms with E-state index in [0.717, 1.165) is 5.56 Å². The van der Waals surface area contributed by atoms with Crippen LogP contribution in [0.4, 0.5) is 0 Å². The fourth-order valence-electron chi connectivity index (χ4n) is 2.50. The molecule has 6 heteroatoms. The van der Waals surface area contributed by atoms with E-state index in [4.69, 9.17) is 11.6 Å². The maximum Gasteiger partial charge on any atom is 0.220 e. The largest absolute Gasteiger partial charge is 0.350 e. The molecular formula is C14H18ClNO3S. The maximum atomic E-state index is 12.0. The van der Waals surface area contributed by atoms with Gasteiger partial charge >= 0.3 is 0 Å². The van der Waals surface area contributed by atoms with Gasteiger partial charge in [0.2, 0.25) is 5.91 Å². The van der Waals surface area contributed by atoms with E-state index < -0.39 is 9.84 Å². The molecule has 1 fully saturated rings. The van der Waals surface area contributed by atoms with Gasteiger partial charge in [0.05, 0.1) is 17.5 Å². The Bertz CT molecular complexity index is 600. The van der Waals surface area contributed by atoms with Gasteiger partial charge in [-0.25, -0.2) is 8.42 Å². The molecule has 1 aromatic rings. The van der Waals surface area contributed by atoms with Crippen LogP contribution in [0.3, 0.4) is 0 Å². The normalized spacial score (nSPS) is 22.4. The van der Waals surface area contributed by atoms with Gasteiger partial charge < -0.3 is 5.32 Å². The fourth-order valence-corrected chi connectivity index (χ4v) is 4.66. The van der Waals surface area contributed by atoms with Crippen molar-refractivity contribution in [1.29, 1.82) is 0 Å². The Labute approximate surface area is 124 Å². The number of amides is 1. The third-order valence-corrected chi connectivity index (χ3v) is 5.73. The summed E-state index contributed by atoms with van der Waals surface area (Å²) in [6.07, 6.45) is 0.838.